The average Bonchev–Trinajstić information content (AvgIpc) is 2.79. The highest BCUT2D eigenvalue weighted by atomic mass is 16.5. The number of aromatic nitrogens is 1. The summed E-state index contributed by atoms with van der Waals surface area (Å²) >= 11 is 0. The van der Waals surface area contributed by atoms with Gasteiger partial charge >= 0.3 is 0 Å². The standard InChI is InChI=1S/C12H16N2O2/c1-9-3-2-4-11(14-9)7-13-12(15)10-5-6-16-8-10/h2-4,10H,5-8H2,1H3,(H,13,15). The molecule has 0 spiro atoms. The van der Waals surface area contributed by atoms with E-state index in [9.17, 15) is 4.79 Å². The van der Waals surface area contributed by atoms with Gasteiger partial charge in [-0.25, -0.2) is 0 Å². The maximum absolute atomic E-state index is 11.7. The van der Waals surface area contributed by atoms with Gasteiger partial charge in [0.2, 0.25) is 5.91 Å². The van der Waals surface area contributed by atoms with Crippen LogP contribution in [0.25, 0.3) is 0 Å². The van der Waals surface area contributed by atoms with Crippen molar-refractivity contribution in [3.05, 3.63) is 29.6 Å². The Bertz CT molecular complexity index is 373. The number of pyridine rings is 1. The smallest absolute Gasteiger partial charge is 0.225 e. The second kappa shape index (κ2) is 5.07. The third-order valence-corrected chi connectivity index (χ3v) is 2.69. The molecule has 1 unspecified atom stereocenters. The van der Waals surface area contributed by atoms with Crippen LogP contribution in [-0.4, -0.2) is 24.1 Å². The molecule has 86 valence electrons. The highest BCUT2D eigenvalue weighted by Gasteiger charge is 2.22. The number of carbonyl (C=O) groups is 1. The topological polar surface area (TPSA) is 51.2 Å². The molecule has 4 nitrogen and oxygen atoms in total. The van der Waals surface area contributed by atoms with Gasteiger partial charge in [0, 0.05) is 12.3 Å². The van der Waals surface area contributed by atoms with Crippen molar-refractivity contribution in [1.82, 2.24) is 10.3 Å². The van der Waals surface area contributed by atoms with Crippen LogP contribution < -0.4 is 5.32 Å². The van der Waals surface area contributed by atoms with Crippen molar-refractivity contribution in [2.24, 2.45) is 5.92 Å². The minimum absolute atomic E-state index is 0.0183. The summed E-state index contributed by atoms with van der Waals surface area (Å²) in [6.07, 6.45) is 0.826. The molecule has 1 aromatic rings. The molecule has 2 heterocycles. The van der Waals surface area contributed by atoms with E-state index in [1.807, 2.05) is 25.1 Å². The maximum Gasteiger partial charge on any atom is 0.225 e. The lowest BCUT2D eigenvalue weighted by Crippen LogP contribution is -2.30. The van der Waals surface area contributed by atoms with Crippen molar-refractivity contribution in [1.29, 1.82) is 0 Å². The second-order valence-corrected chi connectivity index (χ2v) is 4.05. The van der Waals surface area contributed by atoms with Crippen LogP contribution in [0, 0.1) is 12.8 Å². The Morgan fingerprint density at radius 3 is 3.19 bits per heavy atom. The van der Waals surface area contributed by atoms with Crippen LogP contribution in [0.15, 0.2) is 18.2 Å². The Hall–Kier alpha value is -1.42. The summed E-state index contributed by atoms with van der Waals surface area (Å²) in [5.74, 6) is 0.0885. The van der Waals surface area contributed by atoms with Gasteiger partial charge in [-0.3, -0.25) is 9.78 Å². The van der Waals surface area contributed by atoms with Crippen LogP contribution in [0.4, 0.5) is 0 Å². The molecular weight excluding hydrogens is 204 g/mol. The van der Waals surface area contributed by atoms with E-state index in [1.165, 1.54) is 0 Å². The second-order valence-electron chi connectivity index (χ2n) is 4.05. The summed E-state index contributed by atoms with van der Waals surface area (Å²) in [6.45, 7) is 3.68. The third-order valence-electron chi connectivity index (χ3n) is 2.69. The monoisotopic (exact) mass is 220 g/mol. The molecular formula is C12H16N2O2. The zero-order valence-corrected chi connectivity index (χ0v) is 9.40. The van der Waals surface area contributed by atoms with Gasteiger partial charge in [-0.1, -0.05) is 6.07 Å². The first-order valence-electron chi connectivity index (χ1n) is 5.53. The summed E-state index contributed by atoms with van der Waals surface area (Å²) < 4.78 is 5.17. The molecule has 0 bridgehead atoms. The van der Waals surface area contributed by atoms with Gasteiger partial charge in [0.1, 0.15) is 0 Å². The Labute approximate surface area is 95.0 Å². The average molecular weight is 220 g/mol. The van der Waals surface area contributed by atoms with Crippen LogP contribution in [0.2, 0.25) is 0 Å². The van der Waals surface area contributed by atoms with Crippen molar-refractivity contribution < 1.29 is 9.53 Å². The molecule has 0 aromatic carbocycles. The summed E-state index contributed by atoms with van der Waals surface area (Å²) in [7, 11) is 0. The van der Waals surface area contributed by atoms with E-state index in [-0.39, 0.29) is 11.8 Å². The molecule has 16 heavy (non-hydrogen) atoms. The molecule has 2 rings (SSSR count). The van der Waals surface area contributed by atoms with Crippen LogP contribution in [0.1, 0.15) is 17.8 Å². The number of hydrogen-bond acceptors (Lipinski definition) is 3. The van der Waals surface area contributed by atoms with E-state index in [4.69, 9.17) is 4.74 Å². The number of hydrogen-bond donors (Lipinski definition) is 1. The van der Waals surface area contributed by atoms with Crippen molar-refractivity contribution in [2.45, 2.75) is 19.9 Å². The van der Waals surface area contributed by atoms with E-state index >= 15 is 0 Å². The first kappa shape index (κ1) is 11.1. The van der Waals surface area contributed by atoms with Gasteiger partial charge in [-0.05, 0) is 25.5 Å². The number of nitrogens with one attached hydrogen (secondary N) is 1. The van der Waals surface area contributed by atoms with Crippen molar-refractivity contribution in [3.8, 4) is 0 Å². The van der Waals surface area contributed by atoms with Gasteiger partial charge in [0.05, 0.1) is 24.8 Å². The quantitative estimate of drug-likeness (QED) is 0.828. The molecule has 1 amide bonds. The summed E-state index contributed by atoms with van der Waals surface area (Å²) in [4.78, 5) is 16.0. The highest BCUT2D eigenvalue weighted by molar-refractivity contribution is 5.78. The SMILES string of the molecule is Cc1cccc(CNC(=O)C2CCOC2)n1. The van der Waals surface area contributed by atoms with Gasteiger partial charge < -0.3 is 10.1 Å². The highest BCUT2D eigenvalue weighted by Crippen LogP contribution is 2.12. The number of nitrogens with zero attached hydrogens (tertiary/aromatic N) is 1. The predicted molar refractivity (Wildman–Crippen MR) is 59.7 cm³/mol. The zero-order valence-electron chi connectivity index (χ0n) is 9.40. The zero-order chi connectivity index (χ0) is 11.4. The lowest BCUT2D eigenvalue weighted by molar-refractivity contribution is -0.125. The molecule has 0 saturated carbocycles. The minimum Gasteiger partial charge on any atom is -0.381 e. The fraction of sp³-hybridized carbons (Fsp3) is 0.500. The van der Waals surface area contributed by atoms with Crippen LogP contribution in [0.3, 0.4) is 0 Å². The Morgan fingerprint density at radius 2 is 2.50 bits per heavy atom. The molecule has 1 aromatic heterocycles. The molecule has 1 fully saturated rings. The number of amides is 1. The van der Waals surface area contributed by atoms with E-state index in [1.54, 1.807) is 0 Å². The Morgan fingerprint density at radius 1 is 1.62 bits per heavy atom. The first-order chi connectivity index (χ1) is 7.75. The molecule has 1 aliphatic rings. The van der Waals surface area contributed by atoms with Gasteiger partial charge in [0.25, 0.3) is 0 Å². The molecule has 1 N–H and O–H groups in total. The number of ether oxygens (including phenoxy) is 1. The molecule has 4 heteroatoms. The number of carbonyl (C=O) groups excluding carboxylic acids is 1. The molecule has 1 atom stereocenters. The fourth-order valence-corrected chi connectivity index (χ4v) is 1.76. The third kappa shape index (κ3) is 2.79. The van der Waals surface area contributed by atoms with Crippen LogP contribution >= 0.6 is 0 Å². The predicted octanol–water partition coefficient (Wildman–Crippen LogP) is 1.04. The number of rotatable bonds is 3. The van der Waals surface area contributed by atoms with E-state index in [0.717, 1.165) is 17.8 Å². The van der Waals surface area contributed by atoms with Gasteiger partial charge in [0.15, 0.2) is 0 Å². The van der Waals surface area contributed by atoms with Crippen LogP contribution in [-0.2, 0) is 16.1 Å². The lowest BCUT2D eigenvalue weighted by atomic mass is 10.1. The first-order valence-corrected chi connectivity index (χ1v) is 5.53. The fourth-order valence-electron chi connectivity index (χ4n) is 1.76. The molecule has 1 aliphatic heterocycles. The molecule has 0 aliphatic carbocycles. The normalized spacial score (nSPS) is 19.7. The summed E-state index contributed by atoms with van der Waals surface area (Å²) in [5.41, 5.74) is 1.86. The Balaban J connectivity index is 1.84. The van der Waals surface area contributed by atoms with Crippen molar-refractivity contribution >= 4 is 5.91 Å². The van der Waals surface area contributed by atoms with Crippen LogP contribution in [0.5, 0.6) is 0 Å². The van der Waals surface area contributed by atoms with Gasteiger partial charge in [-0.2, -0.15) is 0 Å². The Kier molecular flexibility index (Phi) is 3.51. The molecule has 1 saturated heterocycles. The maximum atomic E-state index is 11.7. The van der Waals surface area contributed by atoms with E-state index in [2.05, 4.69) is 10.3 Å². The number of aryl methyl sites for hydroxylation is 1. The van der Waals surface area contributed by atoms with Crippen molar-refractivity contribution in [3.63, 3.8) is 0 Å². The largest absolute Gasteiger partial charge is 0.381 e. The van der Waals surface area contributed by atoms with E-state index < -0.39 is 0 Å². The molecule has 0 radical (unpaired) electrons. The van der Waals surface area contributed by atoms with E-state index in [0.29, 0.717) is 19.8 Å². The minimum atomic E-state index is 0.0183. The summed E-state index contributed by atoms with van der Waals surface area (Å²) in [6, 6.07) is 5.80. The van der Waals surface area contributed by atoms with Crippen molar-refractivity contribution in [2.75, 3.05) is 13.2 Å². The summed E-state index contributed by atoms with van der Waals surface area (Å²) in [5, 5.41) is 2.89. The van der Waals surface area contributed by atoms with Gasteiger partial charge in [-0.15, -0.1) is 0 Å². The lowest BCUT2D eigenvalue weighted by Gasteiger charge is -2.09.